The summed E-state index contributed by atoms with van der Waals surface area (Å²) < 4.78 is 4.99. The van der Waals surface area contributed by atoms with E-state index in [4.69, 9.17) is 16.3 Å². The predicted octanol–water partition coefficient (Wildman–Crippen LogP) is 3.41. The second-order valence-electron chi connectivity index (χ2n) is 4.87. The number of esters is 1. The third-order valence-corrected chi connectivity index (χ3v) is 3.19. The summed E-state index contributed by atoms with van der Waals surface area (Å²) in [5, 5.41) is 4.12. The number of hydrogen-bond donors (Lipinski definition) is 1. The fourth-order valence-corrected chi connectivity index (χ4v) is 2.05. The van der Waals surface area contributed by atoms with E-state index in [1.807, 2.05) is 31.2 Å². The molecule has 0 saturated heterocycles. The van der Waals surface area contributed by atoms with Gasteiger partial charge >= 0.3 is 5.97 Å². The topological polar surface area (TPSA) is 38.3 Å². The summed E-state index contributed by atoms with van der Waals surface area (Å²) in [5.74, 6) is 0.211. The third kappa shape index (κ3) is 6.08. The van der Waals surface area contributed by atoms with Crippen molar-refractivity contribution >= 4 is 17.6 Å². The van der Waals surface area contributed by atoms with Crippen LogP contribution in [0.4, 0.5) is 0 Å². The van der Waals surface area contributed by atoms with E-state index in [0.717, 1.165) is 10.6 Å². The second kappa shape index (κ2) is 8.18. The average molecular weight is 284 g/mol. The lowest BCUT2D eigenvalue weighted by Crippen LogP contribution is -2.36. The minimum Gasteiger partial charge on any atom is -0.466 e. The number of hydrogen-bond acceptors (Lipinski definition) is 3. The zero-order valence-electron chi connectivity index (χ0n) is 11.8. The first kappa shape index (κ1) is 16.0. The number of rotatable bonds is 7. The highest BCUT2D eigenvalue weighted by molar-refractivity contribution is 6.30. The lowest BCUT2D eigenvalue weighted by atomic mass is 10.0. The molecule has 1 unspecified atom stereocenters. The van der Waals surface area contributed by atoms with Crippen molar-refractivity contribution in [3.05, 3.63) is 34.9 Å². The van der Waals surface area contributed by atoms with Crippen LogP contribution in [0.1, 0.15) is 32.8 Å². The summed E-state index contributed by atoms with van der Waals surface area (Å²) in [7, 11) is 0. The molecule has 0 heterocycles. The Balaban J connectivity index is 2.52. The maximum absolute atomic E-state index is 11.5. The van der Waals surface area contributed by atoms with Crippen molar-refractivity contribution < 1.29 is 9.53 Å². The molecule has 1 aromatic rings. The standard InChI is InChI=1S/C15H22ClNO2/c1-4-19-15(18)9-14(11(2)3)17-10-12-6-5-7-13(16)8-12/h5-8,11,14,17H,4,9-10H2,1-3H3. The van der Waals surface area contributed by atoms with Gasteiger partial charge in [0.2, 0.25) is 0 Å². The summed E-state index contributed by atoms with van der Waals surface area (Å²) in [5.41, 5.74) is 1.11. The molecule has 106 valence electrons. The molecule has 4 heteroatoms. The Labute approximate surface area is 120 Å². The van der Waals surface area contributed by atoms with Crippen LogP contribution in [-0.4, -0.2) is 18.6 Å². The van der Waals surface area contributed by atoms with Gasteiger partial charge < -0.3 is 10.1 Å². The zero-order valence-corrected chi connectivity index (χ0v) is 12.5. The minimum absolute atomic E-state index is 0.109. The first-order valence-corrected chi connectivity index (χ1v) is 7.04. The molecule has 0 bridgehead atoms. The number of nitrogens with one attached hydrogen (secondary N) is 1. The average Bonchev–Trinajstić information content (AvgIpc) is 2.34. The van der Waals surface area contributed by atoms with Crippen LogP contribution in [0.5, 0.6) is 0 Å². The maximum atomic E-state index is 11.5. The van der Waals surface area contributed by atoms with Crippen LogP contribution >= 0.6 is 11.6 Å². The molecule has 0 spiro atoms. The van der Waals surface area contributed by atoms with Gasteiger partial charge in [0.05, 0.1) is 13.0 Å². The zero-order chi connectivity index (χ0) is 14.3. The van der Waals surface area contributed by atoms with Crippen LogP contribution in [-0.2, 0) is 16.1 Å². The van der Waals surface area contributed by atoms with Crippen molar-refractivity contribution in [2.24, 2.45) is 5.92 Å². The Bertz CT molecular complexity index is 407. The van der Waals surface area contributed by atoms with E-state index < -0.39 is 0 Å². The highest BCUT2D eigenvalue weighted by Crippen LogP contribution is 2.12. The van der Waals surface area contributed by atoms with Crippen molar-refractivity contribution in [2.75, 3.05) is 6.61 Å². The van der Waals surface area contributed by atoms with Crippen molar-refractivity contribution in [1.29, 1.82) is 0 Å². The Morgan fingerprint density at radius 2 is 2.16 bits per heavy atom. The number of benzene rings is 1. The first-order chi connectivity index (χ1) is 9.02. The molecular weight excluding hydrogens is 262 g/mol. The van der Waals surface area contributed by atoms with E-state index in [9.17, 15) is 4.79 Å². The molecule has 19 heavy (non-hydrogen) atoms. The monoisotopic (exact) mass is 283 g/mol. The highest BCUT2D eigenvalue weighted by Gasteiger charge is 2.17. The number of carbonyl (C=O) groups is 1. The molecule has 1 rings (SSSR count). The van der Waals surface area contributed by atoms with Crippen LogP contribution in [0.3, 0.4) is 0 Å². The van der Waals surface area contributed by atoms with Gasteiger partial charge in [0.15, 0.2) is 0 Å². The van der Waals surface area contributed by atoms with Gasteiger partial charge in [-0.2, -0.15) is 0 Å². The normalized spacial score (nSPS) is 12.5. The van der Waals surface area contributed by atoms with Crippen LogP contribution in [0.2, 0.25) is 5.02 Å². The van der Waals surface area contributed by atoms with E-state index in [1.54, 1.807) is 0 Å². The van der Waals surface area contributed by atoms with Crippen LogP contribution in [0.15, 0.2) is 24.3 Å². The molecule has 0 saturated carbocycles. The van der Waals surface area contributed by atoms with Gasteiger partial charge in [0, 0.05) is 17.6 Å². The largest absolute Gasteiger partial charge is 0.466 e. The summed E-state index contributed by atoms with van der Waals surface area (Å²) in [6.07, 6.45) is 0.395. The Hall–Kier alpha value is -1.06. The van der Waals surface area contributed by atoms with Gasteiger partial charge in [-0.25, -0.2) is 0 Å². The predicted molar refractivity (Wildman–Crippen MR) is 78.2 cm³/mol. The molecule has 0 amide bonds. The molecule has 1 atom stereocenters. The molecule has 0 aliphatic rings. The third-order valence-electron chi connectivity index (χ3n) is 2.95. The molecule has 0 fully saturated rings. The summed E-state index contributed by atoms with van der Waals surface area (Å²) in [6.45, 7) is 7.13. The second-order valence-corrected chi connectivity index (χ2v) is 5.31. The first-order valence-electron chi connectivity index (χ1n) is 6.66. The van der Waals surface area contributed by atoms with Crippen molar-refractivity contribution in [1.82, 2.24) is 5.32 Å². The molecule has 1 aromatic carbocycles. The van der Waals surface area contributed by atoms with Crippen molar-refractivity contribution in [3.63, 3.8) is 0 Å². The Morgan fingerprint density at radius 1 is 1.42 bits per heavy atom. The van der Waals surface area contributed by atoms with Gasteiger partial charge in [-0.1, -0.05) is 37.6 Å². The summed E-state index contributed by atoms with van der Waals surface area (Å²) in [6, 6.07) is 7.83. The van der Waals surface area contributed by atoms with E-state index in [1.165, 1.54) is 0 Å². The van der Waals surface area contributed by atoms with Gasteiger partial charge in [-0.15, -0.1) is 0 Å². The lowest BCUT2D eigenvalue weighted by Gasteiger charge is -2.21. The van der Waals surface area contributed by atoms with Crippen LogP contribution in [0.25, 0.3) is 0 Å². The fourth-order valence-electron chi connectivity index (χ4n) is 1.84. The SMILES string of the molecule is CCOC(=O)CC(NCc1cccc(Cl)c1)C(C)C. The van der Waals surface area contributed by atoms with Crippen LogP contribution < -0.4 is 5.32 Å². The Kier molecular flexibility index (Phi) is 6.89. The van der Waals surface area contributed by atoms with Crippen molar-refractivity contribution in [3.8, 4) is 0 Å². The maximum Gasteiger partial charge on any atom is 0.307 e. The summed E-state index contributed by atoms with van der Waals surface area (Å²) in [4.78, 5) is 11.5. The van der Waals surface area contributed by atoms with E-state index in [0.29, 0.717) is 25.5 Å². The quantitative estimate of drug-likeness (QED) is 0.780. The van der Waals surface area contributed by atoms with Gasteiger partial charge in [-0.05, 0) is 30.5 Å². The van der Waals surface area contributed by atoms with Gasteiger partial charge in [0.1, 0.15) is 0 Å². The van der Waals surface area contributed by atoms with E-state index in [2.05, 4.69) is 19.2 Å². The van der Waals surface area contributed by atoms with Crippen LogP contribution in [0, 0.1) is 5.92 Å². The lowest BCUT2D eigenvalue weighted by molar-refractivity contribution is -0.144. The summed E-state index contributed by atoms with van der Waals surface area (Å²) >= 11 is 5.95. The fraction of sp³-hybridized carbons (Fsp3) is 0.533. The minimum atomic E-state index is -0.153. The number of carbonyl (C=O) groups excluding carboxylic acids is 1. The van der Waals surface area contributed by atoms with Crippen molar-refractivity contribution in [2.45, 2.75) is 39.8 Å². The smallest absolute Gasteiger partial charge is 0.307 e. The molecule has 0 radical (unpaired) electrons. The van der Waals surface area contributed by atoms with E-state index in [-0.39, 0.29) is 12.0 Å². The highest BCUT2D eigenvalue weighted by atomic mass is 35.5. The van der Waals surface area contributed by atoms with Gasteiger partial charge in [0.25, 0.3) is 0 Å². The van der Waals surface area contributed by atoms with Gasteiger partial charge in [-0.3, -0.25) is 4.79 Å². The molecule has 3 nitrogen and oxygen atoms in total. The molecule has 1 N–H and O–H groups in total. The number of halogens is 1. The number of ether oxygens (including phenoxy) is 1. The van der Waals surface area contributed by atoms with E-state index >= 15 is 0 Å². The molecule has 0 aromatic heterocycles. The molecule has 0 aliphatic carbocycles. The Morgan fingerprint density at radius 3 is 2.74 bits per heavy atom. The molecular formula is C15H22ClNO2. The molecule has 0 aliphatic heterocycles.